The molecule has 2 heterocycles. The van der Waals surface area contributed by atoms with E-state index in [0.717, 1.165) is 57.0 Å². The molecule has 30 heavy (non-hydrogen) atoms. The molecule has 6 heteroatoms. The highest BCUT2D eigenvalue weighted by atomic mass is 32.1. The van der Waals surface area contributed by atoms with Crippen molar-refractivity contribution in [3.8, 4) is 6.07 Å². The second kappa shape index (κ2) is 9.63. The van der Waals surface area contributed by atoms with Gasteiger partial charge in [-0.1, -0.05) is 24.6 Å². The monoisotopic (exact) mass is 422 g/mol. The molecule has 2 aliphatic rings. The van der Waals surface area contributed by atoms with Crippen LogP contribution in [0.15, 0.2) is 24.3 Å². The molecule has 1 saturated heterocycles. The molecule has 158 valence electrons. The average molecular weight is 423 g/mol. The van der Waals surface area contributed by atoms with Crippen LogP contribution in [0, 0.1) is 18.3 Å². The molecular formula is C24H30N4OS. The number of nitrogens with zero attached hydrogens (tertiary/aromatic N) is 3. The fourth-order valence-corrected chi connectivity index (χ4v) is 5.78. The van der Waals surface area contributed by atoms with Crippen molar-refractivity contribution in [2.24, 2.45) is 0 Å². The molecule has 5 nitrogen and oxygen atoms in total. The number of amides is 1. The smallest absolute Gasteiger partial charge is 0.226 e. The molecule has 0 spiro atoms. The summed E-state index contributed by atoms with van der Waals surface area (Å²) in [5.41, 5.74) is 4.52. The largest absolute Gasteiger partial charge is 0.369 e. The summed E-state index contributed by atoms with van der Waals surface area (Å²) in [7, 11) is 0. The van der Waals surface area contributed by atoms with Crippen LogP contribution in [0.4, 0.5) is 10.7 Å². The Morgan fingerprint density at radius 3 is 2.67 bits per heavy atom. The Hall–Kier alpha value is -2.36. The van der Waals surface area contributed by atoms with Crippen LogP contribution in [0.3, 0.4) is 0 Å². The third-order valence-electron chi connectivity index (χ3n) is 6.27. The van der Waals surface area contributed by atoms with Gasteiger partial charge in [-0.15, -0.1) is 11.3 Å². The van der Waals surface area contributed by atoms with Gasteiger partial charge in [-0.3, -0.25) is 9.69 Å². The lowest BCUT2D eigenvalue weighted by Crippen LogP contribution is -2.47. The predicted octanol–water partition coefficient (Wildman–Crippen LogP) is 4.35. The average Bonchev–Trinajstić information content (AvgIpc) is 2.92. The number of carbonyl (C=O) groups is 1. The number of aryl methyl sites for hydroxylation is 2. The fraction of sp³-hybridized carbons (Fsp3) is 0.500. The number of rotatable bonds is 5. The normalized spacial score (nSPS) is 17.1. The highest BCUT2D eigenvalue weighted by Gasteiger charge is 2.22. The highest BCUT2D eigenvalue weighted by Crippen LogP contribution is 2.37. The van der Waals surface area contributed by atoms with Gasteiger partial charge in [-0.25, -0.2) is 0 Å². The zero-order valence-corrected chi connectivity index (χ0v) is 18.6. The van der Waals surface area contributed by atoms with Crippen LogP contribution >= 0.6 is 11.3 Å². The van der Waals surface area contributed by atoms with E-state index >= 15 is 0 Å². The van der Waals surface area contributed by atoms with E-state index in [4.69, 9.17) is 0 Å². The number of nitriles is 1. The summed E-state index contributed by atoms with van der Waals surface area (Å²) in [4.78, 5) is 18.7. The predicted molar refractivity (Wildman–Crippen MR) is 123 cm³/mol. The molecule has 0 unspecified atom stereocenters. The minimum absolute atomic E-state index is 0.0178. The number of nitrogens with one attached hydrogen (secondary N) is 1. The minimum atomic E-state index is 0.0178. The number of hydrogen-bond donors (Lipinski definition) is 1. The van der Waals surface area contributed by atoms with Crippen molar-refractivity contribution < 1.29 is 4.79 Å². The molecule has 0 bridgehead atoms. The number of carbonyl (C=O) groups excluding carboxylic acids is 1. The van der Waals surface area contributed by atoms with Crippen LogP contribution in [0.25, 0.3) is 0 Å². The summed E-state index contributed by atoms with van der Waals surface area (Å²) in [5.74, 6) is 0.0178. The van der Waals surface area contributed by atoms with Crippen LogP contribution in [-0.2, 0) is 17.6 Å². The van der Waals surface area contributed by atoms with Gasteiger partial charge in [0.2, 0.25) is 5.91 Å². The maximum Gasteiger partial charge on any atom is 0.226 e. The van der Waals surface area contributed by atoms with E-state index in [1.807, 2.05) is 0 Å². The van der Waals surface area contributed by atoms with Gasteiger partial charge in [0.25, 0.3) is 0 Å². The van der Waals surface area contributed by atoms with E-state index in [0.29, 0.717) is 12.0 Å². The van der Waals surface area contributed by atoms with E-state index < -0.39 is 0 Å². The van der Waals surface area contributed by atoms with Gasteiger partial charge in [0.15, 0.2) is 0 Å². The second-order valence-corrected chi connectivity index (χ2v) is 9.40. The Bertz CT molecular complexity index is 937. The minimum Gasteiger partial charge on any atom is -0.369 e. The van der Waals surface area contributed by atoms with E-state index in [9.17, 15) is 10.1 Å². The van der Waals surface area contributed by atoms with Crippen molar-refractivity contribution in [3.05, 3.63) is 45.8 Å². The molecule has 1 amide bonds. The van der Waals surface area contributed by atoms with Crippen molar-refractivity contribution in [2.75, 3.05) is 42.9 Å². The fourth-order valence-electron chi connectivity index (χ4n) is 4.53. The first-order valence-corrected chi connectivity index (χ1v) is 11.8. The third kappa shape index (κ3) is 4.69. The number of benzene rings is 1. The molecule has 0 radical (unpaired) electrons. The molecule has 1 aliphatic heterocycles. The van der Waals surface area contributed by atoms with Gasteiger partial charge in [0.05, 0.1) is 5.56 Å². The summed E-state index contributed by atoms with van der Waals surface area (Å²) in [6.07, 6.45) is 6.02. The quantitative estimate of drug-likeness (QED) is 0.728. The first-order chi connectivity index (χ1) is 14.7. The third-order valence-corrected chi connectivity index (χ3v) is 7.48. The summed E-state index contributed by atoms with van der Waals surface area (Å²) < 4.78 is 0. The first kappa shape index (κ1) is 20.9. The lowest BCUT2D eigenvalue weighted by atomic mass is 10.1. The Balaban J connectivity index is 1.28. The van der Waals surface area contributed by atoms with Gasteiger partial charge in [-0.05, 0) is 49.8 Å². The molecule has 1 N–H and O–H groups in total. The van der Waals surface area contributed by atoms with Crippen LogP contribution < -0.4 is 10.2 Å². The van der Waals surface area contributed by atoms with Gasteiger partial charge in [0, 0.05) is 49.7 Å². The van der Waals surface area contributed by atoms with E-state index in [-0.39, 0.29) is 5.91 Å². The summed E-state index contributed by atoms with van der Waals surface area (Å²) in [6, 6.07) is 10.9. The molecule has 0 atom stereocenters. The van der Waals surface area contributed by atoms with Crippen LogP contribution in [-0.4, -0.2) is 43.5 Å². The van der Waals surface area contributed by atoms with E-state index in [1.165, 1.54) is 34.5 Å². The number of fused-ring (bicyclic) bond motifs is 1. The number of hydrogen-bond acceptors (Lipinski definition) is 5. The molecule has 1 aliphatic carbocycles. The Kier molecular flexibility index (Phi) is 6.71. The van der Waals surface area contributed by atoms with Gasteiger partial charge in [0.1, 0.15) is 11.1 Å². The van der Waals surface area contributed by atoms with Crippen LogP contribution in [0.2, 0.25) is 0 Å². The van der Waals surface area contributed by atoms with Crippen LogP contribution in [0.5, 0.6) is 0 Å². The zero-order valence-electron chi connectivity index (χ0n) is 17.7. The van der Waals surface area contributed by atoms with Crippen molar-refractivity contribution in [3.63, 3.8) is 0 Å². The lowest BCUT2D eigenvalue weighted by Gasteiger charge is -2.36. The lowest BCUT2D eigenvalue weighted by molar-refractivity contribution is -0.116. The Labute approximate surface area is 183 Å². The molecule has 2 aromatic rings. The zero-order chi connectivity index (χ0) is 20.9. The molecule has 1 fully saturated rings. The Morgan fingerprint density at radius 1 is 1.13 bits per heavy atom. The second-order valence-electron chi connectivity index (χ2n) is 8.29. The summed E-state index contributed by atoms with van der Waals surface area (Å²) in [6.45, 7) is 6.84. The Morgan fingerprint density at radius 2 is 1.90 bits per heavy atom. The molecular weight excluding hydrogens is 392 g/mol. The van der Waals surface area contributed by atoms with Crippen molar-refractivity contribution in [1.29, 1.82) is 5.26 Å². The van der Waals surface area contributed by atoms with Crippen molar-refractivity contribution >= 4 is 27.9 Å². The highest BCUT2D eigenvalue weighted by molar-refractivity contribution is 7.16. The SMILES string of the molecule is Cc1ccccc1N1CCN(CCC(=O)Nc2sc3c(c2C#N)CCCCC3)CC1. The number of thiophene rings is 1. The molecule has 1 aromatic heterocycles. The molecule has 4 rings (SSSR count). The van der Waals surface area contributed by atoms with E-state index in [2.05, 4.69) is 52.4 Å². The summed E-state index contributed by atoms with van der Waals surface area (Å²) >= 11 is 1.61. The van der Waals surface area contributed by atoms with Gasteiger partial charge < -0.3 is 10.2 Å². The number of piperazine rings is 1. The number of anilines is 2. The van der Waals surface area contributed by atoms with Gasteiger partial charge >= 0.3 is 0 Å². The number of para-hydroxylation sites is 1. The van der Waals surface area contributed by atoms with Crippen molar-refractivity contribution in [2.45, 2.75) is 45.4 Å². The standard InChI is InChI=1S/C24H30N4OS/c1-18-7-5-6-9-21(18)28-15-13-27(14-16-28)12-11-23(29)26-24-20(17-25)19-8-3-2-4-10-22(19)30-24/h5-7,9H,2-4,8,10-16H2,1H3,(H,26,29). The summed E-state index contributed by atoms with van der Waals surface area (Å²) in [5, 5.41) is 13.4. The van der Waals surface area contributed by atoms with Crippen molar-refractivity contribution in [1.82, 2.24) is 4.90 Å². The maximum absolute atomic E-state index is 12.6. The van der Waals surface area contributed by atoms with Crippen LogP contribution in [0.1, 0.15) is 47.3 Å². The molecule has 1 aromatic carbocycles. The maximum atomic E-state index is 12.6. The van der Waals surface area contributed by atoms with E-state index in [1.54, 1.807) is 11.3 Å². The van der Waals surface area contributed by atoms with Gasteiger partial charge in [-0.2, -0.15) is 5.26 Å². The first-order valence-electron chi connectivity index (χ1n) is 11.0. The molecule has 0 saturated carbocycles. The topological polar surface area (TPSA) is 59.4 Å².